The molecular formula is C23H20ClN3O4S. The molecule has 1 unspecified atom stereocenters. The van der Waals surface area contributed by atoms with Gasteiger partial charge in [-0.05, 0) is 48.9 Å². The van der Waals surface area contributed by atoms with E-state index in [0.717, 1.165) is 37.5 Å². The lowest BCUT2D eigenvalue weighted by Gasteiger charge is -2.31. The molecule has 3 heterocycles. The molecule has 0 spiro atoms. The monoisotopic (exact) mass is 469 g/mol. The summed E-state index contributed by atoms with van der Waals surface area (Å²) < 4.78 is 11.1. The summed E-state index contributed by atoms with van der Waals surface area (Å²) in [6, 6.07) is 11.0. The van der Waals surface area contributed by atoms with Crippen LogP contribution in [0.2, 0.25) is 5.02 Å². The number of anilines is 1. The fourth-order valence-corrected chi connectivity index (χ4v) is 5.39. The van der Waals surface area contributed by atoms with Gasteiger partial charge < -0.3 is 19.4 Å². The molecule has 0 radical (unpaired) electrons. The van der Waals surface area contributed by atoms with E-state index in [1.54, 1.807) is 19.1 Å². The molecule has 9 heteroatoms. The SMILES string of the molecule is CCOC(=O)c1ccc2nc(N3Cc4[nH]c5ccc(Cl)cc5c4C(C(=O)OC)C3)sc2c1. The Balaban J connectivity index is 1.55. The summed E-state index contributed by atoms with van der Waals surface area (Å²) in [5.41, 5.74) is 4.09. The molecule has 0 aliphatic carbocycles. The van der Waals surface area contributed by atoms with E-state index in [2.05, 4.69) is 9.88 Å². The number of carbonyl (C=O) groups excluding carboxylic acids is 2. The minimum Gasteiger partial charge on any atom is -0.468 e. The molecule has 1 N–H and O–H groups in total. The van der Waals surface area contributed by atoms with Crippen LogP contribution in [0.15, 0.2) is 36.4 Å². The van der Waals surface area contributed by atoms with Crippen molar-refractivity contribution < 1.29 is 19.1 Å². The number of nitrogens with zero attached hydrogens (tertiary/aromatic N) is 2. The van der Waals surface area contributed by atoms with Crippen molar-refractivity contribution in [1.82, 2.24) is 9.97 Å². The maximum absolute atomic E-state index is 12.7. The number of hydrogen-bond acceptors (Lipinski definition) is 7. The maximum atomic E-state index is 12.7. The highest BCUT2D eigenvalue weighted by Crippen LogP contribution is 2.40. The lowest BCUT2D eigenvalue weighted by atomic mass is 9.92. The van der Waals surface area contributed by atoms with Crippen molar-refractivity contribution in [2.24, 2.45) is 0 Å². The largest absolute Gasteiger partial charge is 0.468 e. The Morgan fingerprint density at radius 3 is 2.91 bits per heavy atom. The van der Waals surface area contributed by atoms with Crippen molar-refractivity contribution >= 4 is 61.1 Å². The van der Waals surface area contributed by atoms with Gasteiger partial charge in [0.05, 0.1) is 36.0 Å². The smallest absolute Gasteiger partial charge is 0.338 e. The van der Waals surface area contributed by atoms with Gasteiger partial charge in [0.2, 0.25) is 0 Å². The number of benzene rings is 2. The highest BCUT2D eigenvalue weighted by molar-refractivity contribution is 7.22. The molecule has 7 nitrogen and oxygen atoms in total. The van der Waals surface area contributed by atoms with Gasteiger partial charge in [-0.1, -0.05) is 22.9 Å². The standard InChI is InChI=1S/C23H20ClN3O4S/c1-3-31-21(28)12-4-6-17-19(8-12)32-23(26-17)27-10-15(22(29)30-2)20-14-9-13(24)5-7-16(14)25-18(20)11-27/h4-9,15,25H,3,10-11H2,1-2H3. The van der Waals surface area contributed by atoms with Crippen LogP contribution in [0.1, 0.15) is 34.5 Å². The van der Waals surface area contributed by atoms with Crippen molar-refractivity contribution in [2.45, 2.75) is 19.4 Å². The fourth-order valence-electron chi connectivity index (χ4n) is 4.20. The number of rotatable bonds is 4. The second kappa shape index (κ2) is 8.11. The predicted molar refractivity (Wildman–Crippen MR) is 125 cm³/mol. The summed E-state index contributed by atoms with van der Waals surface area (Å²) in [5.74, 6) is -1.13. The first-order valence-electron chi connectivity index (χ1n) is 10.2. The molecule has 0 bridgehead atoms. The van der Waals surface area contributed by atoms with Crippen LogP contribution in [0, 0.1) is 0 Å². The van der Waals surface area contributed by atoms with Gasteiger partial charge in [0.15, 0.2) is 5.13 Å². The van der Waals surface area contributed by atoms with Gasteiger partial charge in [-0.3, -0.25) is 4.79 Å². The second-order valence-electron chi connectivity index (χ2n) is 7.56. The van der Waals surface area contributed by atoms with Gasteiger partial charge in [-0.2, -0.15) is 0 Å². The fraction of sp³-hybridized carbons (Fsp3) is 0.261. The number of thiazole rings is 1. The van der Waals surface area contributed by atoms with E-state index in [4.69, 9.17) is 26.1 Å². The van der Waals surface area contributed by atoms with E-state index < -0.39 is 5.92 Å². The van der Waals surface area contributed by atoms with Gasteiger partial charge in [0.1, 0.15) is 5.92 Å². The number of esters is 2. The number of carbonyl (C=O) groups is 2. The highest BCUT2D eigenvalue weighted by atomic mass is 35.5. The first kappa shape index (κ1) is 20.8. The van der Waals surface area contributed by atoms with E-state index in [1.807, 2.05) is 24.3 Å². The van der Waals surface area contributed by atoms with Crippen LogP contribution in [0.3, 0.4) is 0 Å². The van der Waals surface area contributed by atoms with E-state index in [0.29, 0.717) is 30.3 Å². The lowest BCUT2D eigenvalue weighted by molar-refractivity contribution is -0.142. The zero-order chi connectivity index (χ0) is 22.4. The average Bonchev–Trinajstić information content (AvgIpc) is 3.38. The number of nitrogens with one attached hydrogen (secondary N) is 1. The molecule has 5 rings (SSSR count). The zero-order valence-corrected chi connectivity index (χ0v) is 19.0. The number of fused-ring (bicyclic) bond motifs is 4. The third kappa shape index (κ3) is 3.49. The maximum Gasteiger partial charge on any atom is 0.338 e. The molecular weight excluding hydrogens is 450 g/mol. The van der Waals surface area contributed by atoms with Crippen molar-refractivity contribution in [2.75, 3.05) is 25.2 Å². The molecule has 0 amide bonds. The van der Waals surface area contributed by atoms with Crippen molar-refractivity contribution in [3.8, 4) is 0 Å². The van der Waals surface area contributed by atoms with Gasteiger partial charge in [-0.15, -0.1) is 0 Å². The number of aromatic nitrogens is 2. The van der Waals surface area contributed by atoms with Gasteiger partial charge in [-0.25, -0.2) is 9.78 Å². The average molecular weight is 470 g/mol. The Morgan fingerprint density at radius 1 is 1.28 bits per heavy atom. The summed E-state index contributed by atoms with van der Waals surface area (Å²) in [5, 5.41) is 2.33. The molecule has 1 atom stereocenters. The summed E-state index contributed by atoms with van der Waals surface area (Å²) >= 11 is 7.70. The third-order valence-corrected chi connectivity index (χ3v) is 6.94. The Labute approximate surface area is 192 Å². The number of methoxy groups -OCH3 is 1. The Morgan fingerprint density at radius 2 is 2.12 bits per heavy atom. The number of hydrogen-bond donors (Lipinski definition) is 1. The van der Waals surface area contributed by atoms with Crippen LogP contribution < -0.4 is 4.90 Å². The molecule has 4 aromatic rings. The first-order valence-corrected chi connectivity index (χ1v) is 11.4. The van der Waals surface area contributed by atoms with Crippen molar-refractivity contribution in [3.05, 3.63) is 58.2 Å². The molecule has 2 aromatic carbocycles. The summed E-state index contributed by atoms with van der Waals surface area (Å²) in [4.78, 5) is 35.0. The number of H-pyrrole nitrogens is 1. The Bertz CT molecular complexity index is 1360. The van der Waals surface area contributed by atoms with Gasteiger partial charge >= 0.3 is 11.9 Å². The van der Waals surface area contributed by atoms with E-state index in [1.165, 1.54) is 18.4 Å². The second-order valence-corrected chi connectivity index (χ2v) is 9.01. The molecule has 32 heavy (non-hydrogen) atoms. The third-order valence-electron chi connectivity index (χ3n) is 5.63. The van der Waals surface area contributed by atoms with E-state index in [-0.39, 0.29) is 11.9 Å². The van der Waals surface area contributed by atoms with E-state index >= 15 is 0 Å². The quantitative estimate of drug-likeness (QED) is 0.428. The molecule has 164 valence electrons. The molecule has 0 fully saturated rings. The normalized spacial score (nSPS) is 15.7. The van der Waals surface area contributed by atoms with Crippen LogP contribution in [-0.4, -0.2) is 42.2 Å². The number of aromatic amines is 1. The molecule has 2 aromatic heterocycles. The van der Waals surface area contributed by atoms with Crippen molar-refractivity contribution in [1.29, 1.82) is 0 Å². The molecule has 0 saturated carbocycles. The van der Waals surface area contributed by atoms with Crippen LogP contribution >= 0.6 is 22.9 Å². The summed E-state index contributed by atoms with van der Waals surface area (Å²) in [6.07, 6.45) is 0. The Hall–Kier alpha value is -3.10. The van der Waals surface area contributed by atoms with E-state index in [9.17, 15) is 9.59 Å². The zero-order valence-electron chi connectivity index (χ0n) is 17.5. The van der Waals surface area contributed by atoms with Gasteiger partial charge in [0.25, 0.3) is 0 Å². The van der Waals surface area contributed by atoms with Crippen LogP contribution in [0.4, 0.5) is 5.13 Å². The highest BCUT2D eigenvalue weighted by Gasteiger charge is 2.35. The molecule has 1 aliphatic rings. The molecule has 0 saturated heterocycles. The lowest BCUT2D eigenvalue weighted by Crippen LogP contribution is -2.37. The van der Waals surface area contributed by atoms with Crippen LogP contribution in [0.5, 0.6) is 0 Å². The number of halogens is 1. The van der Waals surface area contributed by atoms with Gasteiger partial charge in [0, 0.05) is 28.2 Å². The van der Waals surface area contributed by atoms with Crippen LogP contribution in [-0.2, 0) is 20.8 Å². The molecule has 1 aliphatic heterocycles. The predicted octanol–water partition coefficient (Wildman–Crippen LogP) is 4.88. The minimum absolute atomic E-state index is 0.303. The van der Waals surface area contributed by atoms with Crippen LogP contribution in [0.25, 0.3) is 21.1 Å². The first-order chi connectivity index (χ1) is 15.5. The van der Waals surface area contributed by atoms with Crippen molar-refractivity contribution in [3.63, 3.8) is 0 Å². The Kier molecular flexibility index (Phi) is 5.27. The number of ether oxygens (including phenoxy) is 2. The minimum atomic E-state index is -0.474. The summed E-state index contributed by atoms with van der Waals surface area (Å²) in [7, 11) is 1.40. The topological polar surface area (TPSA) is 84.5 Å². The summed E-state index contributed by atoms with van der Waals surface area (Å²) in [6.45, 7) is 3.11.